The lowest BCUT2D eigenvalue weighted by atomic mass is 10.1. The number of aryl methyl sites for hydroxylation is 1. The van der Waals surface area contributed by atoms with Gasteiger partial charge in [0.15, 0.2) is 0 Å². The Hall–Kier alpha value is -1.61. The highest BCUT2D eigenvalue weighted by Gasteiger charge is 2.12. The van der Waals surface area contributed by atoms with Crippen LogP contribution in [-0.4, -0.2) is 31.3 Å². The van der Waals surface area contributed by atoms with Crippen molar-refractivity contribution in [2.45, 2.75) is 20.8 Å². The number of ether oxygens (including phenoxy) is 1. The van der Waals surface area contributed by atoms with E-state index < -0.39 is 0 Å². The summed E-state index contributed by atoms with van der Waals surface area (Å²) in [5, 5.41) is 1.21. The number of hydrogen-bond donors (Lipinski definition) is 0. The highest BCUT2D eigenvalue weighted by molar-refractivity contribution is 5.83. The number of rotatable bonds is 1. The maximum absolute atomic E-state index is 5.36. The van der Waals surface area contributed by atoms with Crippen LogP contribution in [0.5, 0.6) is 0 Å². The van der Waals surface area contributed by atoms with Gasteiger partial charge < -0.3 is 9.64 Å². The average Bonchev–Trinajstić information content (AvgIpc) is 2.50. The molecule has 0 atom stereocenters. The van der Waals surface area contributed by atoms with Crippen molar-refractivity contribution in [3.8, 4) is 0 Å². The van der Waals surface area contributed by atoms with E-state index in [0.29, 0.717) is 0 Å². The number of para-hydroxylation sites is 1. The van der Waals surface area contributed by atoms with Crippen molar-refractivity contribution >= 4 is 16.7 Å². The van der Waals surface area contributed by atoms with Gasteiger partial charge in [-0.15, -0.1) is 0 Å². The van der Waals surface area contributed by atoms with Crippen LogP contribution in [0.4, 0.5) is 5.82 Å². The molecule has 0 aliphatic carbocycles. The standard InChI is InChI=1S/C14H16N2O.C2H6/c1-11-3-2-4-12-5-6-13(15-14(11)12)16-7-9-17-10-8-16;1-2/h2-6H,7-10H2,1H3;1-2H3. The Labute approximate surface area is 115 Å². The fourth-order valence-electron chi connectivity index (χ4n) is 2.25. The van der Waals surface area contributed by atoms with E-state index in [0.717, 1.165) is 37.6 Å². The Morgan fingerprint density at radius 2 is 1.79 bits per heavy atom. The molecule has 19 heavy (non-hydrogen) atoms. The van der Waals surface area contributed by atoms with Crippen LogP contribution < -0.4 is 4.90 Å². The number of nitrogens with zero attached hydrogens (tertiary/aromatic N) is 2. The summed E-state index contributed by atoms with van der Waals surface area (Å²) in [4.78, 5) is 7.06. The molecule has 1 saturated heterocycles. The van der Waals surface area contributed by atoms with Gasteiger partial charge in [0.25, 0.3) is 0 Å². The summed E-state index contributed by atoms with van der Waals surface area (Å²) in [6, 6.07) is 10.6. The van der Waals surface area contributed by atoms with Crippen LogP contribution in [0, 0.1) is 6.92 Å². The van der Waals surface area contributed by atoms with Gasteiger partial charge in [0.05, 0.1) is 18.7 Å². The Morgan fingerprint density at radius 1 is 1.05 bits per heavy atom. The summed E-state index contributed by atoms with van der Waals surface area (Å²) in [6.07, 6.45) is 0. The van der Waals surface area contributed by atoms with Crippen LogP contribution in [0.2, 0.25) is 0 Å². The molecule has 2 aromatic rings. The first kappa shape index (κ1) is 13.8. The average molecular weight is 258 g/mol. The topological polar surface area (TPSA) is 25.4 Å². The second-order valence-electron chi connectivity index (χ2n) is 4.42. The molecule has 1 aromatic heterocycles. The summed E-state index contributed by atoms with van der Waals surface area (Å²) in [5.41, 5.74) is 2.34. The van der Waals surface area contributed by atoms with Crippen molar-refractivity contribution in [2.75, 3.05) is 31.2 Å². The molecule has 0 saturated carbocycles. The van der Waals surface area contributed by atoms with Crippen LogP contribution in [-0.2, 0) is 4.74 Å². The van der Waals surface area contributed by atoms with Crippen molar-refractivity contribution in [3.05, 3.63) is 35.9 Å². The van der Waals surface area contributed by atoms with E-state index in [2.05, 4.69) is 42.2 Å². The molecule has 1 aliphatic heterocycles. The van der Waals surface area contributed by atoms with Crippen molar-refractivity contribution < 1.29 is 4.74 Å². The lowest BCUT2D eigenvalue weighted by molar-refractivity contribution is 0.122. The molecule has 0 N–H and O–H groups in total. The maximum atomic E-state index is 5.36. The summed E-state index contributed by atoms with van der Waals surface area (Å²) in [5.74, 6) is 1.06. The van der Waals surface area contributed by atoms with Crippen LogP contribution in [0.3, 0.4) is 0 Å². The normalized spacial score (nSPS) is 15.0. The Kier molecular flexibility index (Phi) is 4.74. The van der Waals surface area contributed by atoms with Gasteiger partial charge in [-0.05, 0) is 24.6 Å². The SMILES string of the molecule is CC.Cc1cccc2ccc(N3CCOCC3)nc12. The van der Waals surface area contributed by atoms with E-state index in [1.165, 1.54) is 10.9 Å². The second kappa shape index (κ2) is 6.53. The van der Waals surface area contributed by atoms with E-state index in [9.17, 15) is 0 Å². The predicted molar refractivity (Wildman–Crippen MR) is 80.9 cm³/mol. The fraction of sp³-hybridized carbons (Fsp3) is 0.438. The van der Waals surface area contributed by atoms with Crippen molar-refractivity contribution in [1.29, 1.82) is 0 Å². The minimum absolute atomic E-state index is 0.799. The molecule has 0 spiro atoms. The fourth-order valence-corrected chi connectivity index (χ4v) is 2.25. The lowest BCUT2D eigenvalue weighted by Gasteiger charge is -2.28. The summed E-state index contributed by atoms with van der Waals surface area (Å²) in [6.45, 7) is 9.58. The van der Waals surface area contributed by atoms with Crippen LogP contribution in [0.1, 0.15) is 19.4 Å². The molecule has 2 heterocycles. The zero-order valence-electron chi connectivity index (χ0n) is 12.0. The maximum Gasteiger partial charge on any atom is 0.129 e. The lowest BCUT2D eigenvalue weighted by Crippen LogP contribution is -2.36. The summed E-state index contributed by atoms with van der Waals surface area (Å²) < 4.78 is 5.36. The molecule has 1 fully saturated rings. The molecular weight excluding hydrogens is 236 g/mol. The first-order valence-corrected chi connectivity index (χ1v) is 7.04. The molecule has 0 bridgehead atoms. The van der Waals surface area contributed by atoms with Gasteiger partial charge in [0.2, 0.25) is 0 Å². The van der Waals surface area contributed by atoms with Gasteiger partial charge in [-0.3, -0.25) is 0 Å². The molecule has 0 unspecified atom stereocenters. The number of morpholine rings is 1. The monoisotopic (exact) mass is 258 g/mol. The number of fused-ring (bicyclic) bond motifs is 1. The third-order valence-electron chi connectivity index (χ3n) is 3.24. The van der Waals surface area contributed by atoms with Crippen LogP contribution in [0.25, 0.3) is 10.9 Å². The third-order valence-corrected chi connectivity index (χ3v) is 3.24. The Balaban J connectivity index is 0.000000637. The molecule has 0 radical (unpaired) electrons. The number of aromatic nitrogens is 1. The largest absolute Gasteiger partial charge is 0.378 e. The third kappa shape index (κ3) is 3.04. The van der Waals surface area contributed by atoms with Crippen molar-refractivity contribution in [1.82, 2.24) is 4.98 Å². The predicted octanol–water partition coefficient (Wildman–Crippen LogP) is 3.41. The van der Waals surface area contributed by atoms with Crippen LogP contribution >= 0.6 is 0 Å². The molecule has 1 aliphatic rings. The quantitative estimate of drug-likeness (QED) is 0.784. The molecule has 3 rings (SSSR count). The van der Waals surface area contributed by atoms with Gasteiger partial charge in [-0.1, -0.05) is 32.0 Å². The molecule has 1 aromatic carbocycles. The van der Waals surface area contributed by atoms with E-state index >= 15 is 0 Å². The smallest absolute Gasteiger partial charge is 0.129 e. The Morgan fingerprint density at radius 3 is 2.53 bits per heavy atom. The van der Waals surface area contributed by atoms with Crippen molar-refractivity contribution in [3.63, 3.8) is 0 Å². The number of benzene rings is 1. The van der Waals surface area contributed by atoms with Gasteiger partial charge in [0, 0.05) is 18.5 Å². The second-order valence-corrected chi connectivity index (χ2v) is 4.42. The zero-order chi connectivity index (χ0) is 13.7. The number of anilines is 1. The highest BCUT2D eigenvalue weighted by atomic mass is 16.5. The van der Waals surface area contributed by atoms with E-state index in [1.54, 1.807) is 0 Å². The minimum Gasteiger partial charge on any atom is -0.378 e. The van der Waals surface area contributed by atoms with Gasteiger partial charge in [-0.25, -0.2) is 4.98 Å². The number of hydrogen-bond acceptors (Lipinski definition) is 3. The molecule has 102 valence electrons. The Bertz CT molecular complexity index is 533. The number of pyridine rings is 1. The summed E-state index contributed by atoms with van der Waals surface area (Å²) >= 11 is 0. The van der Waals surface area contributed by atoms with Crippen LogP contribution in [0.15, 0.2) is 30.3 Å². The molecule has 0 amide bonds. The molecule has 3 heteroatoms. The minimum atomic E-state index is 0.799. The highest BCUT2D eigenvalue weighted by Crippen LogP contribution is 2.21. The van der Waals surface area contributed by atoms with E-state index in [-0.39, 0.29) is 0 Å². The van der Waals surface area contributed by atoms with Gasteiger partial charge >= 0.3 is 0 Å². The van der Waals surface area contributed by atoms with Crippen molar-refractivity contribution in [2.24, 2.45) is 0 Å². The summed E-state index contributed by atoms with van der Waals surface area (Å²) in [7, 11) is 0. The zero-order valence-corrected chi connectivity index (χ0v) is 12.0. The first-order valence-electron chi connectivity index (χ1n) is 7.04. The van der Waals surface area contributed by atoms with Gasteiger partial charge in [0.1, 0.15) is 5.82 Å². The molecule has 3 nitrogen and oxygen atoms in total. The molecular formula is C16H22N2O. The van der Waals surface area contributed by atoms with E-state index in [4.69, 9.17) is 9.72 Å². The van der Waals surface area contributed by atoms with Gasteiger partial charge in [-0.2, -0.15) is 0 Å². The first-order chi connectivity index (χ1) is 9.34. The van der Waals surface area contributed by atoms with E-state index in [1.807, 2.05) is 13.8 Å².